The summed E-state index contributed by atoms with van der Waals surface area (Å²) >= 11 is 0. The number of non-ortho nitro benzene ring substituents is 1. The van der Waals surface area contributed by atoms with E-state index in [9.17, 15) is 28.1 Å². The summed E-state index contributed by atoms with van der Waals surface area (Å²) in [7, 11) is 0. The number of nitrogens with zero attached hydrogens (tertiary/aromatic N) is 1. The topological polar surface area (TPSA) is 60.2 Å². The van der Waals surface area contributed by atoms with Gasteiger partial charge in [-0.25, -0.2) is 0 Å². The number of alkyl halides is 3. The molecule has 0 unspecified atom stereocenters. The second kappa shape index (κ2) is 4.77. The van der Waals surface area contributed by atoms with Crippen LogP contribution in [0.15, 0.2) is 24.3 Å². The summed E-state index contributed by atoms with van der Waals surface area (Å²) in [6.07, 6.45) is -2.62. The summed E-state index contributed by atoms with van der Waals surface area (Å²) < 4.78 is 37.5. The van der Waals surface area contributed by atoms with E-state index in [-0.39, 0.29) is 0 Å². The largest absolute Gasteiger partial charge is 0.416 e. The fourth-order valence-corrected chi connectivity index (χ4v) is 1.20. The van der Waals surface area contributed by atoms with Crippen LogP contribution >= 0.6 is 0 Å². The highest BCUT2D eigenvalue weighted by Crippen LogP contribution is 2.34. The van der Waals surface area contributed by atoms with Crippen molar-refractivity contribution in [1.29, 1.82) is 0 Å². The minimum Gasteiger partial charge on any atom is -0.299 e. The molecule has 0 aliphatic rings. The van der Waals surface area contributed by atoms with E-state index in [0.717, 1.165) is 24.3 Å². The summed E-state index contributed by atoms with van der Waals surface area (Å²) in [6.45, 7) is 0. The van der Waals surface area contributed by atoms with Crippen molar-refractivity contribution in [2.45, 2.75) is 6.18 Å². The van der Waals surface area contributed by atoms with E-state index in [1.807, 2.05) is 0 Å². The van der Waals surface area contributed by atoms with Gasteiger partial charge in [0, 0.05) is 12.1 Å². The van der Waals surface area contributed by atoms with Crippen molar-refractivity contribution in [2.75, 3.05) is 0 Å². The number of allylic oxidation sites excluding steroid dienone is 1. The highest BCUT2D eigenvalue weighted by atomic mass is 19.4. The number of hydrogen-bond acceptors (Lipinski definition) is 3. The van der Waals surface area contributed by atoms with Gasteiger partial charge in [0.1, 0.15) is 6.29 Å². The maximum absolute atomic E-state index is 12.5. The van der Waals surface area contributed by atoms with Gasteiger partial charge in [0.15, 0.2) is 0 Å². The first-order chi connectivity index (χ1) is 7.86. The van der Waals surface area contributed by atoms with Crippen LogP contribution in [0.3, 0.4) is 0 Å². The molecule has 0 radical (unpaired) electrons. The molecule has 0 saturated heterocycles. The number of benzene rings is 1. The molecule has 0 aliphatic heterocycles. The van der Waals surface area contributed by atoms with Crippen LogP contribution in [0.2, 0.25) is 0 Å². The maximum Gasteiger partial charge on any atom is 0.416 e. The minimum atomic E-state index is -4.63. The van der Waals surface area contributed by atoms with Gasteiger partial charge in [-0.3, -0.25) is 14.9 Å². The van der Waals surface area contributed by atoms with E-state index >= 15 is 0 Å². The number of rotatable bonds is 3. The van der Waals surface area contributed by atoms with E-state index in [1.54, 1.807) is 0 Å². The lowest BCUT2D eigenvalue weighted by Gasteiger charge is -2.09. The first-order valence-electron chi connectivity index (χ1n) is 4.33. The Bertz CT molecular complexity index is 480. The molecule has 0 N–H and O–H groups in total. The van der Waals surface area contributed by atoms with Gasteiger partial charge >= 0.3 is 6.18 Å². The number of carbonyl (C=O) groups is 1. The lowest BCUT2D eigenvalue weighted by Crippen LogP contribution is -2.07. The molecule has 0 amide bonds. The molecular weight excluding hydrogens is 239 g/mol. The molecule has 0 aromatic heterocycles. The van der Waals surface area contributed by atoms with Gasteiger partial charge in [-0.1, -0.05) is 6.08 Å². The SMILES string of the molecule is O=CC=Cc1cc([N+](=O)[O-])ccc1C(F)(F)F. The molecule has 0 bridgehead atoms. The van der Waals surface area contributed by atoms with Gasteiger partial charge in [-0.15, -0.1) is 0 Å². The predicted molar refractivity (Wildman–Crippen MR) is 53.2 cm³/mol. The molecule has 0 aliphatic carbocycles. The number of aldehydes is 1. The molecule has 0 heterocycles. The third-order valence-electron chi connectivity index (χ3n) is 1.91. The average Bonchev–Trinajstić information content (AvgIpc) is 2.24. The van der Waals surface area contributed by atoms with Crippen LogP contribution < -0.4 is 0 Å². The predicted octanol–water partition coefficient (Wildman–Crippen LogP) is 2.83. The second-order valence-corrected chi connectivity index (χ2v) is 3.02. The summed E-state index contributed by atoms with van der Waals surface area (Å²) in [4.78, 5) is 19.7. The van der Waals surface area contributed by atoms with Gasteiger partial charge in [-0.05, 0) is 17.7 Å². The Morgan fingerprint density at radius 3 is 2.41 bits per heavy atom. The van der Waals surface area contributed by atoms with Crippen molar-refractivity contribution in [3.05, 3.63) is 45.5 Å². The van der Waals surface area contributed by atoms with Gasteiger partial charge in [0.05, 0.1) is 10.5 Å². The van der Waals surface area contributed by atoms with Crippen LogP contribution in [0.25, 0.3) is 6.08 Å². The van der Waals surface area contributed by atoms with E-state index in [1.165, 1.54) is 0 Å². The normalized spacial score (nSPS) is 11.7. The van der Waals surface area contributed by atoms with Crippen molar-refractivity contribution in [3.63, 3.8) is 0 Å². The number of halogens is 3. The highest BCUT2D eigenvalue weighted by molar-refractivity contribution is 5.75. The van der Waals surface area contributed by atoms with Crippen LogP contribution in [0, 0.1) is 10.1 Å². The third-order valence-corrected chi connectivity index (χ3v) is 1.91. The van der Waals surface area contributed by atoms with Crippen molar-refractivity contribution in [3.8, 4) is 0 Å². The van der Waals surface area contributed by atoms with E-state index in [4.69, 9.17) is 0 Å². The molecule has 0 spiro atoms. The van der Waals surface area contributed by atoms with E-state index in [0.29, 0.717) is 12.4 Å². The zero-order valence-corrected chi connectivity index (χ0v) is 8.27. The van der Waals surface area contributed by atoms with Crippen LogP contribution in [0.4, 0.5) is 18.9 Å². The Labute approximate surface area is 93.5 Å². The first-order valence-corrected chi connectivity index (χ1v) is 4.33. The molecule has 0 saturated carbocycles. The zero-order valence-electron chi connectivity index (χ0n) is 8.27. The molecular formula is C10H6F3NO3. The van der Waals surface area contributed by atoms with Gasteiger partial charge in [0.2, 0.25) is 0 Å². The molecule has 1 aromatic carbocycles. The molecule has 7 heteroatoms. The third kappa shape index (κ3) is 3.13. The summed E-state index contributed by atoms with van der Waals surface area (Å²) in [5.41, 5.74) is -1.91. The van der Waals surface area contributed by atoms with Gasteiger partial charge in [-0.2, -0.15) is 13.2 Å². The fourth-order valence-electron chi connectivity index (χ4n) is 1.20. The Kier molecular flexibility index (Phi) is 3.62. The Morgan fingerprint density at radius 1 is 1.29 bits per heavy atom. The summed E-state index contributed by atoms with van der Waals surface area (Å²) in [5.74, 6) is 0. The summed E-state index contributed by atoms with van der Waals surface area (Å²) in [6, 6.07) is 2.15. The Balaban J connectivity index is 3.36. The minimum absolute atomic E-state index is 0.291. The smallest absolute Gasteiger partial charge is 0.299 e. The average molecular weight is 245 g/mol. The molecule has 4 nitrogen and oxygen atoms in total. The van der Waals surface area contributed by atoms with Crippen molar-refractivity contribution >= 4 is 18.0 Å². The number of nitro benzene ring substituents is 1. The lowest BCUT2D eigenvalue weighted by molar-refractivity contribution is -0.384. The van der Waals surface area contributed by atoms with Crippen molar-refractivity contribution in [2.24, 2.45) is 0 Å². The molecule has 0 atom stereocenters. The highest BCUT2D eigenvalue weighted by Gasteiger charge is 2.33. The number of hydrogen-bond donors (Lipinski definition) is 0. The Hall–Kier alpha value is -2.18. The van der Waals surface area contributed by atoms with E-state index < -0.39 is 27.9 Å². The zero-order chi connectivity index (χ0) is 13.1. The second-order valence-electron chi connectivity index (χ2n) is 3.02. The fraction of sp³-hybridized carbons (Fsp3) is 0.100. The lowest BCUT2D eigenvalue weighted by atomic mass is 10.1. The number of nitro groups is 1. The van der Waals surface area contributed by atoms with Crippen LogP contribution in [0.1, 0.15) is 11.1 Å². The summed E-state index contributed by atoms with van der Waals surface area (Å²) in [5, 5.41) is 10.4. The molecule has 17 heavy (non-hydrogen) atoms. The molecule has 1 aromatic rings. The molecule has 90 valence electrons. The van der Waals surface area contributed by atoms with Crippen LogP contribution in [-0.4, -0.2) is 11.2 Å². The van der Waals surface area contributed by atoms with Gasteiger partial charge in [0.25, 0.3) is 5.69 Å². The molecule has 0 fully saturated rings. The standard InChI is InChI=1S/C10H6F3NO3/c11-10(12,13)9-4-3-8(14(16)17)6-7(9)2-1-5-15/h1-6H. The number of carbonyl (C=O) groups excluding carboxylic acids is 1. The van der Waals surface area contributed by atoms with Crippen LogP contribution in [-0.2, 0) is 11.0 Å². The van der Waals surface area contributed by atoms with Crippen LogP contribution in [0.5, 0.6) is 0 Å². The van der Waals surface area contributed by atoms with Gasteiger partial charge < -0.3 is 0 Å². The molecule has 1 rings (SSSR count). The monoisotopic (exact) mass is 245 g/mol. The van der Waals surface area contributed by atoms with Crippen molar-refractivity contribution in [1.82, 2.24) is 0 Å². The van der Waals surface area contributed by atoms with Crippen molar-refractivity contribution < 1.29 is 22.9 Å². The Morgan fingerprint density at radius 2 is 1.94 bits per heavy atom. The first kappa shape index (κ1) is 12.9. The quantitative estimate of drug-likeness (QED) is 0.356. The van der Waals surface area contributed by atoms with E-state index in [2.05, 4.69) is 0 Å². The maximum atomic E-state index is 12.5.